The van der Waals surface area contributed by atoms with Gasteiger partial charge in [0, 0.05) is 17.1 Å². The van der Waals surface area contributed by atoms with Crippen LogP contribution in [0.1, 0.15) is 22.3 Å². The summed E-state index contributed by atoms with van der Waals surface area (Å²) in [5, 5.41) is 12.1. The van der Waals surface area contributed by atoms with Gasteiger partial charge < -0.3 is 10.4 Å². The zero-order valence-corrected chi connectivity index (χ0v) is 12.9. The van der Waals surface area contributed by atoms with Crippen molar-refractivity contribution in [3.8, 4) is 0 Å². The first-order valence-electron chi connectivity index (χ1n) is 6.29. The molecular weight excluding hydrogens is 294 g/mol. The van der Waals surface area contributed by atoms with Gasteiger partial charge in [-0.15, -0.1) is 0 Å². The fourth-order valence-electron chi connectivity index (χ4n) is 2.14. The van der Waals surface area contributed by atoms with Crippen molar-refractivity contribution >= 4 is 35.4 Å². The molecule has 2 rings (SSSR count). The summed E-state index contributed by atoms with van der Waals surface area (Å²) >= 11 is 3.24. The molecule has 1 unspecified atom stereocenters. The fourth-order valence-corrected chi connectivity index (χ4v) is 3.98. The maximum Gasteiger partial charge on any atom is 0.330 e. The van der Waals surface area contributed by atoms with E-state index in [2.05, 4.69) is 5.32 Å². The number of carboxylic acids is 1. The third-order valence-electron chi connectivity index (χ3n) is 3.28. The van der Waals surface area contributed by atoms with Crippen molar-refractivity contribution in [3.05, 3.63) is 35.4 Å². The summed E-state index contributed by atoms with van der Waals surface area (Å²) in [5.74, 6) is 0.771. The third kappa shape index (κ3) is 3.30. The molecule has 1 amide bonds. The van der Waals surface area contributed by atoms with Crippen molar-refractivity contribution in [1.29, 1.82) is 0 Å². The van der Waals surface area contributed by atoms with E-state index in [0.717, 1.165) is 17.1 Å². The largest absolute Gasteiger partial charge is 0.479 e. The highest BCUT2D eigenvalue weighted by Gasteiger charge is 2.43. The number of hydrogen-bond acceptors (Lipinski definition) is 4. The van der Waals surface area contributed by atoms with Crippen molar-refractivity contribution < 1.29 is 14.7 Å². The van der Waals surface area contributed by atoms with Crippen LogP contribution in [0.25, 0.3) is 0 Å². The van der Waals surface area contributed by atoms with Gasteiger partial charge in [-0.2, -0.15) is 23.5 Å². The predicted molar refractivity (Wildman–Crippen MR) is 83.4 cm³/mol. The van der Waals surface area contributed by atoms with Gasteiger partial charge in [0.15, 0.2) is 0 Å². The van der Waals surface area contributed by atoms with Gasteiger partial charge in [0.05, 0.1) is 0 Å². The Hall–Kier alpha value is -1.14. The summed E-state index contributed by atoms with van der Waals surface area (Å²) in [4.78, 5) is 23.7. The second kappa shape index (κ2) is 6.54. The Bertz CT molecular complexity index is 513. The first-order chi connectivity index (χ1) is 9.57. The standard InChI is InChI=1S/C14H17NO3S2/c1-19-8-10-3-2-4-11(7-10)12(16)15-14(13(17)18)5-6-20-9-14/h2-4,7H,5-6,8-9H2,1H3,(H,15,16)(H,17,18). The third-order valence-corrected chi connectivity index (χ3v) is 5.10. The lowest BCUT2D eigenvalue weighted by Gasteiger charge is -2.24. The number of amides is 1. The summed E-state index contributed by atoms with van der Waals surface area (Å²) in [6.07, 6.45) is 2.48. The summed E-state index contributed by atoms with van der Waals surface area (Å²) in [7, 11) is 0. The predicted octanol–water partition coefficient (Wildman–Crippen LogP) is 2.24. The van der Waals surface area contributed by atoms with Crippen LogP contribution in [0.15, 0.2) is 24.3 Å². The quantitative estimate of drug-likeness (QED) is 0.873. The van der Waals surface area contributed by atoms with E-state index in [0.29, 0.717) is 17.7 Å². The maximum absolute atomic E-state index is 12.3. The van der Waals surface area contributed by atoms with Crippen LogP contribution in [0.3, 0.4) is 0 Å². The van der Waals surface area contributed by atoms with Crippen LogP contribution in [0.5, 0.6) is 0 Å². The van der Waals surface area contributed by atoms with Gasteiger partial charge in [-0.05, 0) is 36.1 Å². The van der Waals surface area contributed by atoms with Gasteiger partial charge in [-0.1, -0.05) is 12.1 Å². The molecule has 6 heteroatoms. The monoisotopic (exact) mass is 311 g/mol. The minimum absolute atomic E-state index is 0.308. The molecule has 1 aromatic rings. The Morgan fingerprint density at radius 2 is 2.30 bits per heavy atom. The zero-order valence-electron chi connectivity index (χ0n) is 11.2. The van der Waals surface area contributed by atoms with E-state index in [-0.39, 0.29) is 5.91 Å². The Balaban J connectivity index is 2.15. The lowest BCUT2D eigenvalue weighted by atomic mass is 9.98. The van der Waals surface area contributed by atoms with Crippen LogP contribution in [-0.2, 0) is 10.5 Å². The fraction of sp³-hybridized carbons (Fsp3) is 0.429. The molecule has 0 radical (unpaired) electrons. The lowest BCUT2D eigenvalue weighted by Crippen LogP contribution is -2.54. The lowest BCUT2D eigenvalue weighted by molar-refractivity contribution is -0.143. The molecule has 0 bridgehead atoms. The van der Waals surface area contributed by atoms with Crippen molar-refractivity contribution in [2.24, 2.45) is 0 Å². The van der Waals surface area contributed by atoms with Gasteiger partial charge in [0.25, 0.3) is 5.91 Å². The number of carboxylic acid groups (broad SMARTS) is 1. The van der Waals surface area contributed by atoms with E-state index in [1.807, 2.05) is 24.5 Å². The first-order valence-corrected chi connectivity index (χ1v) is 8.84. The molecular formula is C14H17NO3S2. The van der Waals surface area contributed by atoms with E-state index in [1.54, 1.807) is 29.6 Å². The van der Waals surface area contributed by atoms with Gasteiger partial charge in [0.2, 0.25) is 0 Å². The number of benzene rings is 1. The highest BCUT2D eigenvalue weighted by atomic mass is 32.2. The molecule has 0 aliphatic carbocycles. The van der Waals surface area contributed by atoms with E-state index in [4.69, 9.17) is 0 Å². The summed E-state index contributed by atoms with van der Waals surface area (Å²) in [6.45, 7) is 0. The molecule has 0 saturated carbocycles. The SMILES string of the molecule is CSCc1cccc(C(=O)NC2(C(=O)O)CCSC2)c1. The van der Waals surface area contributed by atoms with Crippen molar-refractivity contribution in [2.75, 3.05) is 17.8 Å². The van der Waals surface area contributed by atoms with E-state index >= 15 is 0 Å². The number of carbonyl (C=O) groups excluding carboxylic acids is 1. The number of nitrogens with one attached hydrogen (secondary N) is 1. The first kappa shape index (κ1) is 15.3. The van der Waals surface area contributed by atoms with Crippen LogP contribution in [-0.4, -0.2) is 40.3 Å². The minimum atomic E-state index is -1.11. The summed E-state index contributed by atoms with van der Waals surface area (Å²) < 4.78 is 0. The van der Waals surface area contributed by atoms with E-state index in [1.165, 1.54) is 0 Å². The molecule has 0 aromatic heterocycles. The maximum atomic E-state index is 12.3. The summed E-state index contributed by atoms with van der Waals surface area (Å²) in [6, 6.07) is 7.34. The molecule has 1 saturated heterocycles. The van der Waals surface area contributed by atoms with Crippen LogP contribution in [0.2, 0.25) is 0 Å². The molecule has 1 fully saturated rings. The average molecular weight is 311 g/mol. The normalized spacial score (nSPS) is 21.6. The molecule has 1 aliphatic heterocycles. The van der Waals surface area contributed by atoms with Gasteiger partial charge in [0.1, 0.15) is 5.54 Å². The highest BCUT2D eigenvalue weighted by molar-refractivity contribution is 7.99. The number of hydrogen-bond donors (Lipinski definition) is 2. The van der Waals surface area contributed by atoms with Gasteiger partial charge in [-0.3, -0.25) is 4.79 Å². The Morgan fingerprint density at radius 3 is 2.90 bits per heavy atom. The Morgan fingerprint density at radius 1 is 1.50 bits per heavy atom. The van der Waals surface area contributed by atoms with Crippen molar-refractivity contribution in [1.82, 2.24) is 5.32 Å². The summed E-state index contributed by atoms with van der Waals surface area (Å²) in [5.41, 5.74) is 0.474. The molecule has 1 aromatic carbocycles. The smallest absolute Gasteiger partial charge is 0.330 e. The van der Waals surface area contributed by atoms with Crippen molar-refractivity contribution in [2.45, 2.75) is 17.7 Å². The molecule has 108 valence electrons. The molecule has 1 atom stereocenters. The van der Waals surface area contributed by atoms with Crippen LogP contribution < -0.4 is 5.32 Å². The molecule has 20 heavy (non-hydrogen) atoms. The molecule has 1 aliphatic rings. The second-order valence-corrected chi connectivity index (χ2v) is 6.75. The minimum Gasteiger partial charge on any atom is -0.479 e. The average Bonchev–Trinajstić information content (AvgIpc) is 2.89. The molecule has 1 heterocycles. The number of rotatable bonds is 5. The molecule has 2 N–H and O–H groups in total. The van der Waals surface area contributed by atoms with Crippen molar-refractivity contribution in [3.63, 3.8) is 0 Å². The van der Waals surface area contributed by atoms with E-state index < -0.39 is 11.5 Å². The Labute approximate surface area is 126 Å². The number of aliphatic carboxylic acids is 1. The Kier molecular flexibility index (Phi) is 4.99. The zero-order chi connectivity index (χ0) is 14.6. The van der Waals surface area contributed by atoms with Gasteiger partial charge >= 0.3 is 5.97 Å². The van der Waals surface area contributed by atoms with Crippen LogP contribution in [0, 0.1) is 0 Å². The number of carbonyl (C=O) groups is 2. The highest BCUT2D eigenvalue weighted by Crippen LogP contribution is 2.28. The topological polar surface area (TPSA) is 66.4 Å². The van der Waals surface area contributed by atoms with Crippen LogP contribution >= 0.6 is 23.5 Å². The number of thioether (sulfide) groups is 2. The second-order valence-electron chi connectivity index (χ2n) is 4.78. The van der Waals surface area contributed by atoms with Gasteiger partial charge in [-0.25, -0.2) is 4.79 Å². The molecule has 4 nitrogen and oxygen atoms in total. The molecule has 0 spiro atoms. The van der Waals surface area contributed by atoms with E-state index in [9.17, 15) is 14.7 Å². The van der Waals surface area contributed by atoms with Crippen LogP contribution in [0.4, 0.5) is 0 Å².